The van der Waals surface area contributed by atoms with Gasteiger partial charge in [0, 0.05) is 0 Å². The fourth-order valence-corrected chi connectivity index (χ4v) is 2.05. The maximum atomic E-state index is 11.3. The molecule has 6 nitrogen and oxygen atoms in total. The molecule has 0 saturated carbocycles. The van der Waals surface area contributed by atoms with E-state index < -0.39 is 30.4 Å². The Hall–Kier alpha value is -0.690. The van der Waals surface area contributed by atoms with Crippen LogP contribution in [0.5, 0.6) is 0 Å². The van der Waals surface area contributed by atoms with Gasteiger partial charge in [-0.2, -0.15) is 0 Å². The minimum atomic E-state index is -1.13. The smallest absolute Gasteiger partial charge is 0.308 e. The molecular weight excluding hydrogens is 252 g/mol. The second-order valence-corrected chi connectivity index (χ2v) is 4.76. The summed E-state index contributed by atoms with van der Waals surface area (Å²) in [6.45, 7) is 4.05. The van der Waals surface area contributed by atoms with E-state index in [1.54, 1.807) is 6.92 Å². The first-order chi connectivity index (χ1) is 9.10. The van der Waals surface area contributed by atoms with Gasteiger partial charge < -0.3 is 14.9 Å². The van der Waals surface area contributed by atoms with Gasteiger partial charge in [0.25, 0.3) is 0 Å². The molecule has 1 saturated heterocycles. The SMILES string of the molecule is CCCCC[C@@H]1OO[C@H](CC(=O)OCC)[C@@H](O)[C@H]1O. The second-order valence-electron chi connectivity index (χ2n) is 4.76. The summed E-state index contributed by atoms with van der Waals surface area (Å²) in [7, 11) is 0. The van der Waals surface area contributed by atoms with Gasteiger partial charge >= 0.3 is 5.97 Å². The molecule has 0 radical (unpaired) electrons. The number of carbonyl (C=O) groups excluding carboxylic acids is 1. The molecule has 1 rings (SSSR count). The first kappa shape index (κ1) is 16.4. The number of carbonyl (C=O) groups is 1. The van der Waals surface area contributed by atoms with Gasteiger partial charge in [-0.1, -0.05) is 26.2 Å². The molecule has 0 bridgehead atoms. The molecule has 0 spiro atoms. The molecule has 1 heterocycles. The maximum Gasteiger partial charge on any atom is 0.308 e. The number of rotatable bonds is 7. The van der Waals surface area contributed by atoms with Crippen LogP contribution in [0.25, 0.3) is 0 Å². The average molecular weight is 276 g/mol. The molecule has 0 aromatic carbocycles. The quantitative estimate of drug-likeness (QED) is 0.409. The van der Waals surface area contributed by atoms with E-state index in [0.29, 0.717) is 6.42 Å². The summed E-state index contributed by atoms with van der Waals surface area (Å²) in [5.41, 5.74) is 0. The number of aliphatic hydroxyl groups excluding tert-OH is 2. The monoisotopic (exact) mass is 276 g/mol. The van der Waals surface area contributed by atoms with Crippen molar-refractivity contribution in [2.45, 2.75) is 70.4 Å². The second kappa shape index (κ2) is 8.47. The Bertz CT molecular complexity index is 270. The van der Waals surface area contributed by atoms with Crippen molar-refractivity contribution in [3.63, 3.8) is 0 Å². The summed E-state index contributed by atoms with van der Waals surface area (Å²) in [6, 6.07) is 0. The van der Waals surface area contributed by atoms with Crippen LogP contribution in [-0.2, 0) is 19.3 Å². The first-order valence-electron chi connectivity index (χ1n) is 6.94. The first-order valence-corrected chi connectivity index (χ1v) is 6.94. The third-order valence-corrected chi connectivity index (χ3v) is 3.18. The molecular formula is C13H24O6. The zero-order valence-corrected chi connectivity index (χ0v) is 11.6. The van der Waals surface area contributed by atoms with Crippen LogP contribution >= 0.6 is 0 Å². The van der Waals surface area contributed by atoms with E-state index in [4.69, 9.17) is 14.5 Å². The van der Waals surface area contributed by atoms with E-state index in [1.165, 1.54) is 0 Å². The maximum absolute atomic E-state index is 11.3. The molecule has 0 unspecified atom stereocenters. The minimum Gasteiger partial charge on any atom is -0.466 e. The molecule has 112 valence electrons. The summed E-state index contributed by atoms with van der Waals surface area (Å²) in [6.07, 6.45) is -0.0959. The molecule has 1 aliphatic heterocycles. The number of esters is 1. The Morgan fingerprint density at radius 1 is 1.11 bits per heavy atom. The van der Waals surface area contributed by atoms with Crippen LogP contribution in [-0.4, -0.2) is 47.2 Å². The van der Waals surface area contributed by atoms with Gasteiger partial charge in [-0.05, 0) is 13.3 Å². The molecule has 19 heavy (non-hydrogen) atoms. The van der Waals surface area contributed by atoms with Crippen molar-refractivity contribution >= 4 is 5.97 Å². The van der Waals surface area contributed by atoms with Gasteiger partial charge in [-0.15, -0.1) is 0 Å². The highest BCUT2D eigenvalue weighted by Crippen LogP contribution is 2.24. The van der Waals surface area contributed by atoms with Crippen LogP contribution in [0, 0.1) is 0 Å². The van der Waals surface area contributed by atoms with Crippen molar-refractivity contribution in [3.05, 3.63) is 0 Å². The third kappa shape index (κ3) is 5.06. The van der Waals surface area contributed by atoms with E-state index >= 15 is 0 Å². The molecule has 4 atom stereocenters. The Kier molecular flexibility index (Phi) is 7.30. The highest BCUT2D eigenvalue weighted by Gasteiger charge is 2.40. The Balaban J connectivity index is 2.40. The van der Waals surface area contributed by atoms with Gasteiger partial charge in [0.1, 0.15) is 24.4 Å². The average Bonchev–Trinajstić information content (AvgIpc) is 2.38. The Morgan fingerprint density at radius 3 is 2.37 bits per heavy atom. The van der Waals surface area contributed by atoms with E-state index in [2.05, 4.69) is 6.92 Å². The largest absolute Gasteiger partial charge is 0.466 e. The van der Waals surface area contributed by atoms with Crippen LogP contribution in [0.1, 0.15) is 46.0 Å². The molecule has 2 N–H and O–H groups in total. The normalized spacial score (nSPS) is 31.2. The molecule has 1 fully saturated rings. The predicted octanol–water partition coefficient (Wildman–Crippen LogP) is 0.941. The molecule has 0 amide bonds. The van der Waals surface area contributed by atoms with Crippen LogP contribution in [0.4, 0.5) is 0 Å². The predicted molar refractivity (Wildman–Crippen MR) is 67.2 cm³/mol. The zero-order valence-electron chi connectivity index (χ0n) is 11.6. The van der Waals surface area contributed by atoms with Gasteiger partial charge in [0.15, 0.2) is 0 Å². The van der Waals surface area contributed by atoms with Crippen LogP contribution in [0.3, 0.4) is 0 Å². The van der Waals surface area contributed by atoms with E-state index in [-0.39, 0.29) is 13.0 Å². The van der Waals surface area contributed by atoms with Crippen LogP contribution in [0.2, 0.25) is 0 Å². The summed E-state index contributed by atoms with van der Waals surface area (Å²) >= 11 is 0. The lowest BCUT2D eigenvalue weighted by atomic mass is 9.96. The van der Waals surface area contributed by atoms with Crippen molar-refractivity contribution in [1.82, 2.24) is 0 Å². The van der Waals surface area contributed by atoms with Crippen molar-refractivity contribution < 1.29 is 29.5 Å². The summed E-state index contributed by atoms with van der Waals surface area (Å²) < 4.78 is 4.77. The van der Waals surface area contributed by atoms with E-state index in [1.807, 2.05) is 0 Å². The summed E-state index contributed by atoms with van der Waals surface area (Å²) in [4.78, 5) is 21.4. The van der Waals surface area contributed by atoms with Gasteiger partial charge in [-0.25, -0.2) is 9.78 Å². The lowest BCUT2D eigenvalue weighted by Crippen LogP contribution is -2.52. The van der Waals surface area contributed by atoms with Gasteiger partial charge in [0.05, 0.1) is 13.0 Å². The van der Waals surface area contributed by atoms with E-state index in [0.717, 1.165) is 19.3 Å². The number of hydrogen-bond donors (Lipinski definition) is 2. The standard InChI is InChI=1S/C13H24O6/c1-3-5-6-7-9-12(15)13(16)10(19-18-9)8-11(14)17-4-2/h9-10,12-13,15-16H,3-8H2,1-2H3/t9-,10+,12-,13+/m0/s1. The van der Waals surface area contributed by atoms with Crippen molar-refractivity contribution in [1.29, 1.82) is 0 Å². The highest BCUT2D eigenvalue weighted by atomic mass is 17.2. The van der Waals surface area contributed by atoms with Crippen molar-refractivity contribution in [2.75, 3.05) is 6.61 Å². The number of aliphatic hydroxyl groups is 2. The zero-order chi connectivity index (χ0) is 14.3. The van der Waals surface area contributed by atoms with Crippen molar-refractivity contribution in [2.24, 2.45) is 0 Å². The van der Waals surface area contributed by atoms with E-state index in [9.17, 15) is 15.0 Å². The third-order valence-electron chi connectivity index (χ3n) is 3.18. The van der Waals surface area contributed by atoms with Crippen LogP contribution < -0.4 is 0 Å². The lowest BCUT2D eigenvalue weighted by molar-refractivity contribution is -0.412. The summed E-state index contributed by atoms with van der Waals surface area (Å²) in [5.74, 6) is -0.480. The molecule has 0 aromatic rings. The Morgan fingerprint density at radius 2 is 1.74 bits per heavy atom. The minimum absolute atomic E-state index is 0.131. The molecule has 0 aliphatic carbocycles. The molecule has 6 heteroatoms. The van der Waals surface area contributed by atoms with Gasteiger partial charge in [-0.3, -0.25) is 4.79 Å². The summed E-state index contributed by atoms with van der Waals surface area (Å²) in [5, 5.41) is 19.9. The van der Waals surface area contributed by atoms with Gasteiger partial charge in [0.2, 0.25) is 0 Å². The van der Waals surface area contributed by atoms with Crippen LogP contribution in [0.15, 0.2) is 0 Å². The number of unbranched alkanes of at least 4 members (excludes halogenated alkanes) is 2. The number of ether oxygens (including phenoxy) is 1. The Labute approximate surface area is 113 Å². The van der Waals surface area contributed by atoms with Crippen molar-refractivity contribution in [3.8, 4) is 0 Å². The fourth-order valence-electron chi connectivity index (χ4n) is 2.05. The topological polar surface area (TPSA) is 85.2 Å². The fraction of sp³-hybridized carbons (Fsp3) is 0.923. The lowest BCUT2D eigenvalue weighted by Gasteiger charge is -2.36. The number of hydrogen-bond acceptors (Lipinski definition) is 6. The highest BCUT2D eigenvalue weighted by molar-refractivity contribution is 5.70. The molecule has 0 aromatic heterocycles. The molecule has 1 aliphatic rings.